The van der Waals surface area contributed by atoms with Crippen molar-refractivity contribution in [3.8, 4) is 22.6 Å². The minimum absolute atomic E-state index is 0.00500. The van der Waals surface area contributed by atoms with Crippen LogP contribution in [0.5, 0.6) is 11.5 Å². The molecule has 0 aromatic heterocycles. The number of anilines is 1. The number of aliphatic carboxylic acids is 1. The van der Waals surface area contributed by atoms with Crippen LogP contribution in [0.1, 0.15) is 23.7 Å². The number of ether oxygens (including phenoxy) is 1. The second-order valence-corrected chi connectivity index (χ2v) is 10.6. The number of phenols is 1. The summed E-state index contributed by atoms with van der Waals surface area (Å²) in [6, 6.07) is 17.3. The smallest absolute Gasteiger partial charge is 0.303 e. The average molecular weight is 549 g/mol. The third kappa shape index (κ3) is 8.94. The molecule has 198 valence electrons. The number of carboxylic acid groups (broad SMARTS) is 1. The number of hydrogen-bond acceptors (Lipinski definition) is 7. The molecule has 3 aromatic rings. The highest BCUT2D eigenvalue weighted by atomic mass is 35.5. The molecule has 3 aromatic carbocycles. The van der Waals surface area contributed by atoms with Gasteiger partial charge in [0.1, 0.15) is 18.1 Å². The predicted molar refractivity (Wildman–Crippen MR) is 143 cm³/mol. The summed E-state index contributed by atoms with van der Waals surface area (Å²) in [5.41, 5.74) is 3.24. The Hall–Kier alpha value is -3.31. The number of halogens is 1. The van der Waals surface area contributed by atoms with Crippen molar-refractivity contribution in [3.63, 3.8) is 0 Å². The number of rotatable bonds is 13. The van der Waals surface area contributed by atoms with E-state index < -0.39 is 22.1 Å². The van der Waals surface area contributed by atoms with Crippen LogP contribution in [0.25, 0.3) is 11.1 Å². The quantitative estimate of drug-likeness (QED) is 0.160. The van der Waals surface area contributed by atoms with E-state index in [-0.39, 0.29) is 24.4 Å². The number of carboxylic acids is 1. The zero-order chi connectivity index (χ0) is 27.0. The average Bonchev–Trinajstić information content (AvgIpc) is 2.84. The molecule has 3 rings (SSSR count). The van der Waals surface area contributed by atoms with E-state index in [0.29, 0.717) is 35.9 Å². The van der Waals surface area contributed by atoms with Crippen molar-refractivity contribution >= 4 is 33.3 Å². The molecule has 37 heavy (non-hydrogen) atoms. The lowest BCUT2D eigenvalue weighted by molar-refractivity contribution is -0.136. The first kappa shape index (κ1) is 28.3. The molecule has 1 atom stereocenters. The largest absolute Gasteiger partial charge is 0.506 e. The molecule has 0 radical (unpaired) electrons. The number of aryl methyl sites for hydroxylation is 1. The molecule has 0 bridgehead atoms. The molecule has 9 nitrogen and oxygen atoms in total. The van der Waals surface area contributed by atoms with Crippen molar-refractivity contribution < 1.29 is 33.3 Å². The van der Waals surface area contributed by atoms with Gasteiger partial charge >= 0.3 is 5.97 Å². The Morgan fingerprint density at radius 2 is 1.76 bits per heavy atom. The van der Waals surface area contributed by atoms with Crippen molar-refractivity contribution in [1.29, 1.82) is 0 Å². The van der Waals surface area contributed by atoms with Crippen LogP contribution in [0.4, 0.5) is 5.69 Å². The molecule has 0 aliphatic heterocycles. The molecular formula is C26H29ClN2O7S. The Morgan fingerprint density at radius 3 is 2.41 bits per heavy atom. The van der Waals surface area contributed by atoms with Gasteiger partial charge in [0.05, 0.1) is 23.1 Å². The van der Waals surface area contributed by atoms with E-state index >= 15 is 0 Å². The van der Waals surface area contributed by atoms with Crippen molar-refractivity contribution in [2.75, 3.05) is 30.7 Å². The lowest BCUT2D eigenvalue weighted by Crippen LogP contribution is -2.26. The topological polar surface area (TPSA) is 145 Å². The van der Waals surface area contributed by atoms with Crippen LogP contribution in [0.2, 0.25) is 5.02 Å². The second-order valence-electron chi connectivity index (χ2n) is 8.46. The molecule has 0 spiro atoms. The van der Waals surface area contributed by atoms with Crippen molar-refractivity contribution in [2.45, 2.75) is 18.9 Å². The predicted octanol–water partition coefficient (Wildman–Crippen LogP) is 3.80. The number of aromatic hydroxyl groups is 1. The third-order valence-electron chi connectivity index (χ3n) is 5.42. The van der Waals surface area contributed by atoms with E-state index in [1.54, 1.807) is 12.1 Å². The minimum Gasteiger partial charge on any atom is -0.506 e. The van der Waals surface area contributed by atoms with Gasteiger partial charge in [0.25, 0.3) is 0 Å². The van der Waals surface area contributed by atoms with Gasteiger partial charge in [0.15, 0.2) is 0 Å². The van der Waals surface area contributed by atoms with Gasteiger partial charge < -0.3 is 25.4 Å². The Bertz CT molecular complexity index is 1330. The van der Waals surface area contributed by atoms with Gasteiger partial charge in [-0.05, 0) is 52.9 Å². The van der Waals surface area contributed by atoms with Crippen LogP contribution in [0, 0.1) is 0 Å². The fourth-order valence-electron chi connectivity index (χ4n) is 3.54. The Balaban J connectivity index is 1.47. The number of phenolic OH excluding ortho intramolecular Hbond substituents is 1. The van der Waals surface area contributed by atoms with Gasteiger partial charge in [-0.25, -0.2) is 8.42 Å². The molecule has 0 aliphatic rings. The number of aliphatic hydroxyl groups is 1. The van der Waals surface area contributed by atoms with Gasteiger partial charge in [-0.15, -0.1) is 0 Å². The van der Waals surface area contributed by atoms with Crippen LogP contribution in [0.15, 0.2) is 60.7 Å². The van der Waals surface area contributed by atoms with Crippen molar-refractivity contribution in [1.82, 2.24) is 5.32 Å². The van der Waals surface area contributed by atoms with Crippen LogP contribution in [-0.4, -0.2) is 55.7 Å². The summed E-state index contributed by atoms with van der Waals surface area (Å²) in [5.74, 6) is -0.549. The summed E-state index contributed by atoms with van der Waals surface area (Å²) in [5, 5.41) is 32.5. The number of carbonyl (C=O) groups is 1. The highest BCUT2D eigenvalue weighted by molar-refractivity contribution is 7.92. The zero-order valence-corrected chi connectivity index (χ0v) is 21.7. The molecule has 0 saturated carbocycles. The summed E-state index contributed by atoms with van der Waals surface area (Å²) >= 11 is 6.39. The molecule has 0 saturated heterocycles. The third-order valence-corrected chi connectivity index (χ3v) is 6.31. The molecule has 0 amide bonds. The van der Waals surface area contributed by atoms with Crippen LogP contribution >= 0.6 is 11.6 Å². The minimum atomic E-state index is -3.57. The van der Waals surface area contributed by atoms with E-state index in [1.165, 1.54) is 18.2 Å². The van der Waals surface area contributed by atoms with Gasteiger partial charge in [0, 0.05) is 19.5 Å². The van der Waals surface area contributed by atoms with Gasteiger partial charge in [-0.2, -0.15) is 0 Å². The van der Waals surface area contributed by atoms with Gasteiger partial charge in [0.2, 0.25) is 10.0 Å². The first-order valence-corrected chi connectivity index (χ1v) is 13.7. The fourth-order valence-corrected chi connectivity index (χ4v) is 4.34. The summed E-state index contributed by atoms with van der Waals surface area (Å²) in [7, 11) is -3.57. The summed E-state index contributed by atoms with van der Waals surface area (Å²) in [4.78, 5) is 10.7. The van der Waals surface area contributed by atoms with Gasteiger partial charge in [-0.1, -0.05) is 48.0 Å². The summed E-state index contributed by atoms with van der Waals surface area (Å²) in [6.07, 6.45) is 0.607. The van der Waals surface area contributed by atoms with E-state index in [1.807, 2.05) is 30.3 Å². The van der Waals surface area contributed by atoms with Crippen LogP contribution < -0.4 is 14.8 Å². The van der Waals surface area contributed by atoms with Crippen molar-refractivity contribution in [3.05, 3.63) is 76.8 Å². The number of benzene rings is 3. The molecule has 5 N–H and O–H groups in total. The maximum absolute atomic E-state index is 11.4. The molecule has 0 unspecified atom stereocenters. The van der Waals surface area contributed by atoms with E-state index in [2.05, 4.69) is 10.0 Å². The number of aliphatic hydroxyl groups excluding tert-OH is 1. The molecule has 0 fully saturated rings. The lowest BCUT2D eigenvalue weighted by atomic mass is 10.0. The molecule has 0 heterocycles. The monoisotopic (exact) mass is 548 g/mol. The first-order valence-electron chi connectivity index (χ1n) is 11.4. The number of sulfonamides is 1. The Morgan fingerprint density at radius 1 is 1.05 bits per heavy atom. The molecule has 0 aliphatic carbocycles. The van der Waals surface area contributed by atoms with Crippen molar-refractivity contribution in [2.24, 2.45) is 0 Å². The van der Waals surface area contributed by atoms with Gasteiger partial charge in [-0.3, -0.25) is 9.52 Å². The van der Waals surface area contributed by atoms with E-state index in [9.17, 15) is 23.4 Å². The lowest BCUT2D eigenvalue weighted by Gasteiger charge is -2.15. The normalized spacial score (nSPS) is 12.2. The first-order chi connectivity index (χ1) is 17.5. The number of nitrogens with one attached hydrogen (secondary N) is 2. The zero-order valence-electron chi connectivity index (χ0n) is 20.1. The summed E-state index contributed by atoms with van der Waals surface area (Å²) < 4.78 is 30.8. The second kappa shape index (κ2) is 12.8. The Labute approximate surface area is 220 Å². The Kier molecular flexibility index (Phi) is 9.76. The fraction of sp³-hybridized carbons (Fsp3) is 0.269. The van der Waals surface area contributed by atoms with E-state index in [4.69, 9.17) is 21.4 Å². The maximum Gasteiger partial charge on any atom is 0.303 e. The summed E-state index contributed by atoms with van der Waals surface area (Å²) in [6.45, 7) is 0.890. The number of hydrogen-bond donors (Lipinski definition) is 5. The van der Waals surface area contributed by atoms with E-state index in [0.717, 1.165) is 22.9 Å². The maximum atomic E-state index is 11.4. The SMILES string of the molecule is CS(=O)(=O)Nc1cc([C@@H](O)CNCCOc2ccc(-c3ccc(CCC(=O)O)cc3)cc2Cl)ccc1O. The molecular weight excluding hydrogens is 520 g/mol. The van der Waals surface area contributed by atoms with Crippen LogP contribution in [0.3, 0.4) is 0 Å². The highest BCUT2D eigenvalue weighted by Crippen LogP contribution is 2.31. The highest BCUT2D eigenvalue weighted by Gasteiger charge is 2.13. The standard InChI is InChI=1S/C26H29ClN2O7S/c1-37(34,35)29-22-15-20(7-9-23(22)30)24(31)16-28-12-13-36-25-10-8-19(14-21(25)27)18-5-2-17(3-6-18)4-11-26(32)33/h2-3,5-10,14-15,24,28-31H,4,11-13,16H2,1H3,(H,32,33)/t24-/m0/s1. The van der Waals surface area contributed by atoms with Crippen LogP contribution in [-0.2, 0) is 21.2 Å². The molecule has 11 heteroatoms.